The fraction of sp³-hybridized carbons (Fsp3) is 0.562. The predicted molar refractivity (Wildman–Crippen MR) is 83.4 cm³/mol. The van der Waals surface area contributed by atoms with E-state index in [1.165, 1.54) is 0 Å². The Morgan fingerprint density at radius 3 is 2.91 bits per heavy atom. The molecule has 1 aromatic rings. The number of methoxy groups -OCH3 is 1. The molecule has 0 unspecified atom stereocenters. The van der Waals surface area contributed by atoms with Crippen molar-refractivity contribution < 1.29 is 19.0 Å². The molecule has 0 spiro atoms. The molecule has 0 N–H and O–H groups in total. The standard InChI is InChI=1S/C16H24N2O4/c1-17(2)10-13-11-21-8-7-18(13)16(19)12-22-15-6-4-5-14(9-15)20-3/h4-6,9,13H,7-8,10-12H2,1-3H3/t13-/m1/s1. The number of carbonyl (C=O) groups excluding carboxylic acids is 1. The first-order chi connectivity index (χ1) is 10.6. The minimum absolute atomic E-state index is 0.0158. The van der Waals surface area contributed by atoms with Gasteiger partial charge in [0.25, 0.3) is 5.91 Å². The van der Waals surface area contributed by atoms with Crippen molar-refractivity contribution in [3.05, 3.63) is 24.3 Å². The lowest BCUT2D eigenvalue weighted by Crippen LogP contribution is -2.53. The number of rotatable bonds is 6. The molecule has 2 rings (SSSR count). The maximum Gasteiger partial charge on any atom is 0.260 e. The molecule has 6 nitrogen and oxygen atoms in total. The Morgan fingerprint density at radius 1 is 1.41 bits per heavy atom. The van der Waals surface area contributed by atoms with E-state index in [2.05, 4.69) is 4.90 Å². The summed E-state index contributed by atoms with van der Waals surface area (Å²) in [6.07, 6.45) is 0. The number of carbonyl (C=O) groups is 1. The molecule has 1 aromatic carbocycles. The molecule has 0 aromatic heterocycles. The lowest BCUT2D eigenvalue weighted by molar-refractivity contribution is -0.142. The smallest absolute Gasteiger partial charge is 0.260 e. The lowest BCUT2D eigenvalue weighted by Gasteiger charge is -2.36. The third kappa shape index (κ3) is 4.61. The second-order valence-electron chi connectivity index (χ2n) is 5.55. The maximum absolute atomic E-state index is 12.4. The largest absolute Gasteiger partial charge is 0.497 e. The van der Waals surface area contributed by atoms with Crippen LogP contribution in [0.2, 0.25) is 0 Å². The Hall–Kier alpha value is -1.79. The zero-order valence-corrected chi connectivity index (χ0v) is 13.4. The number of morpholine rings is 1. The number of hydrogen-bond donors (Lipinski definition) is 0. The van der Waals surface area contributed by atoms with Gasteiger partial charge in [0.05, 0.1) is 26.4 Å². The van der Waals surface area contributed by atoms with E-state index in [4.69, 9.17) is 14.2 Å². The minimum Gasteiger partial charge on any atom is -0.497 e. The first-order valence-electron chi connectivity index (χ1n) is 7.39. The van der Waals surface area contributed by atoms with Crippen LogP contribution in [0, 0.1) is 0 Å². The summed E-state index contributed by atoms with van der Waals surface area (Å²) in [5, 5.41) is 0. The molecule has 1 saturated heterocycles. The third-order valence-corrected chi connectivity index (χ3v) is 3.53. The van der Waals surface area contributed by atoms with Crippen LogP contribution in [0.5, 0.6) is 11.5 Å². The average molecular weight is 308 g/mol. The Kier molecular flexibility index (Phi) is 6.03. The van der Waals surface area contributed by atoms with Crippen LogP contribution in [0.3, 0.4) is 0 Å². The summed E-state index contributed by atoms with van der Waals surface area (Å²) in [5.74, 6) is 1.32. The number of amides is 1. The normalized spacial score (nSPS) is 18.4. The van der Waals surface area contributed by atoms with E-state index < -0.39 is 0 Å². The van der Waals surface area contributed by atoms with E-state index >= 15 is 0 Å². The summed E-state index contributed by atoms with van der Waals surface area (Å²) in [4.78, 5) is 16.3. The summed E-state index contributed by atoms with van der Waals surface area (Å²) >= 11 is 0. The van der Waals surface area contributed by atoms with E-state index in [9.17, 15) is 4.79 Å². The number of ether oxygens (including phenoxy) is 3. The predicted octanol–water partition coefficient (Wildman–Crippen LogP) is 0.863. The summed E-state index contributed by atoms with van der Waals surface area (Å²) in [5.41, 5.74) is 0. The quantitative estimate of drug-likeness (QED) is 0.780. The molecule has 1 amide bonds. The Morgan fingerprint density at radius 2 is 2.18 bits per heavy atom. The first kappa shape index (κ1) is 16.6. The summed E-state index contributed by atoms with van der Waals surface area (Å²) in [6.45, 7) is 2.57. The summed E-state index contributed by atoms with van der Waals surface area (Å²) < 4.78 is 16.2. The molecule has 122 valence electrons. The molecular formula is C16H24N2O4. The molecule has 1 heterocycles. The molecular weight excluding hydrogens is 284 g/mol. The summed E-state index contributed by atoms with van der Waals surface area (Å²) in [7, 11) is 5.58. The molecule has 0 aliphatic carbocycles. The Labute approximate surface area is 131 Å². The molecule has 1 atom stereocenters. The lowest BCUT2D eigenvalue weighted by atomic mass is 10.2. The SMILES string of the molecule is COc1cccc(OCC(=O)N2CCOC[C@H]2CN(C)C)c1. The van der Waals surface area contributed by atoms with E-state index in [1.54, 1.807) is 13.2 Å². The fourth-order valence-corrected chi connectivity index (χ4v) is 2.47. The van der Waals surface area contributed by atoms with Gasteiger partial charge in [0.1, 0.15) is 11.5 Å². The van der Waals surface area contributed by atoms with Crippen molar-refractivity contribution in [1.82, 2.24) is 9.80 Å². The van der Waals surface area contributed by atoms with Gasteiger partial charge in [-0.05, 0) is 26.2 Å². The van der Waals surface area contributed by atoms with Gasteiger partial charge in [0.2, 0.25) is 0 Å². The zero-order valence-electron chi connectivity index (χ0n) is 13.4. The Bertz CT molecular complexity index is 493. The van der Waals surface area contributed by atoms with Crippen molar-refractivity contribution in [2.24, 2.45) is 0 Å². The highest BCUT2D eigenvalue weighted by molar-refractivity contribution is 5.78. The monoisotopic (exact) mass is 308 g/mol. The molecule has 6 heteroatoms. The highest BCUT2D eigenvalue weighted by Crippen LogP contribution is 2.19. The molecule has 1 aliphatic heterocycles. The van der Waals surface area contributed by atoms with Gasteiger partial charge in [-0.15, -0.1) is 0 Å². The number of likely N-dealkylation sites (N-methyl/N-ethyl adjacent to an activating group) is 1. The van der Waals surface area contributed by atoms with E-state index in [1.807, 2.05) is 37.2 Å². The fourth-order valence-electron chi connectivity index (χ4n) is 2.47. The topological polar surface area (TPSA) is 51.2 Å². The van der Waals surface area contributed by atoms with Crippen molar-refractivity contribution in [3.63, 3.8) is 0 Å². The second-order valence-corrected chi connectivity index (χ2v) is 5.55. The van der Waals surface area contributed by atoms with Crippen LogP contribution in [0.1, 0.15) is 0 Å². The molecule has 22 heavy (non-hydrogen) atoms. The van der Waals surface area contributed by atoms with E-state index in [-0.39, 0.29) is 18.6 Å². The van der Waals surface area contributed by atoms with Crippen LogP contribution < -0.4 is 9.47 Å². The zero-order chi connectivity index (χ0) is 15.9. The van der Waals surface area contributed by atoms with Gasteiger partial charge in [0, 0.05) is 19.2 Å². The van der Waals surface area contributed by atoms with Crippen molar-refractivity contribution in [2.75, 3.05) is 54.1 Å². The first-order valence-corrected chi connectivity index (χ1v) is 7.39. The number of hydrogen-bond acceptors (Lipinski definition) is 5. The van der Waals surface area contributed by atoms with Crippen LogP contribution >= 0.6 is 0 Å². The average Bonchev–Trinajstić information content (AvgIpc) is 2.53. The van der Waals surface area contributed by atoms with Crippen molar-refractivity contribution in [1.29, 1.82) is 0 Å². The van der Waals surface area contributed by atoms with Gasteiger partial charge >= 0.3 is 0 Å². The van der Waals surface area contributed by atoms with Gasteiger partial charge in [-0.3, -0.25) is 4.79 Å². The van der Waals surface area contributed by atoms with Crippen LogP contribution in [-0.2, 0) is 9.53 Å². The van der Waals surface area contributed by atoms with Crippen LogP contribution in [0.15, 0.2) is 24.3 Å². The van der Waals surface area contributed by atoms with Crippen LogP contribution in [0.4, 0.5) is 0 Å². The maximum atomic E-state index is 12.4. The third-order valence-electron chi connectivity index (χ3n) is 3.53. The van der Waals surface area contributed by atoms with E-state index in [0.717, 1.165) is 6.54 Å². The molecule has 1 aliphatic rings. The number of nitrogens with zero attached hydrogens (tertiary/aromatic N) is 2. The molecule has 0 saturated carbocycles. The van der Waals surface area contributed by atoms with Gasteiger partial charge < -0.3 is 24.0 Å². The molecule has 0 radical (unpaired) electrons. The van der Waals surface area contributed by atoms with Crippen LogP contribution in [0.25, 0.3) is 0 Å². The van der Waals surface area contributed by atoms with E-state index in [0.29, 0.717) is 31.3 Å². The summed E-state index contributed by atoms with van der Waals surface area (Å²) in [6, 6.07) is 7.33. The van der Waals surface area contributed by atoms with Gasteiger partial charge in [-0.25, -0.2) is 0 Å². The van der Waals surface area contributed by atoms with Gasteiger partial charge in [0.15, 0.2) is 6.61 Å². The molecule has 1 fully saturated rings. The highest BCUT2D eigenvalue weighted by Gasteiger charge is 2.27. The van der Waals surface area contributed by atoms with Crippen molar-refractivity contribution >= 4 is 5.91 Å². The Balaban J connectivity index is 1.91. The van der Waals surface area contributed by atoms with Crippen molar-refractivity contribution in [2.45, 2.75) is 6.04 Å². The minimum atomic E-state index is -0.0158. The second kappa shape index (κ2) is 8.00. The molecule has 0 bridgehead atoms. The highest BCUT2D eigenvalue weighted by atomic mass is 16.5. The van der Waals surface area contributed by atoms with Crippen LogP contribution in [-0.4, -0.2) is 75.9 Å². The number of benzene rings is 1. The van der Waals surface area contributed by atoms with Crippen molar-refractivity contribution in [3.8, 4) is 11.5 Å². The van der Waals surface area contributed by atoms with Gasteiger partial charge in [-0.1, -0.05) is 6.07 Å². The van der Waals surface area contributed by atoms with Gasteiger partial charge in [-0.2, -0.15) is 0 Å².